The highest BCUT2D eigenvalue weighted by Gasteiger charge is 2.36. The zero-order chi connectivity index (χ0) is 20.6. The van der Waals surface area contributed by atoms with Crippen molar-refractivity contribution in [1.29, 1.82) is 0 Å². The lowest BCUT2D eigenvalue weighted by molar-refractivity contribution is 0.0903. The summed E-state index contributed by atoms with van der Waals surface area (Å²) in [5.41, 5.74) is 0.628. The summed E-state index contributed by atoms with van der Waals surface area (Å²) in [6.07, 6.45) is 3.54. The molecule has 1 saturated carbocycles. The Labute approximate surface area is 170 Å². The molecule has 0 spiro atoms. The first-order valence-corrected chi connectivity index (χ1v) is 11.4. The molecule has 0 aliphatic heterocycles. The van der Waals surface area contributed by atoms with Gasteiger partial charge in [-0.15, -0.1) is 0 Å². The smallest absolute Gasteiger partial charge is 0.268 e. The van der Waals surface area contributed by atoms with Crippen molar-refractivity contribution in [3.8, 4) is 0 Å². The standard InChI is InChI=1S/C23H23NO4S/c1-2-20(25)21-18-14-8-9-15-19(18)24(22(21)23(26)16-10-6-7-11-16)29(27,28)17-12-4-3-5-13-17/h3-5,8-9,12-16H,2,6-7,10-11H2,1H3. The van der Waals surface area contributed by atoms with Crippen LogP contribution in [0, 0.1) is 5.92 Å². The van der Waals surface area contributed by atoms with E-state index in [2.05, 4.69) is 0 Å². The van der Waals surface area contributed by atoms with Gasteiger partial charge in [0.2, 0.25) is 0 Å². The molecule has 1 aliphatic carbocycles. The van der Waals surface area contributed by atoms with Gasteiger partial charge in [0.05, 0.1) is 16.0 Å². The van der Waals surface area contributed by atoms with Crippen LogP contribution in [0.25, 0.3) is 10.9 Å². The molecule has 0 amide bonds. The Bertz CT molecular complexity index is 1190. The summed E-state index contributed by atoms with van der Waals surface area (Å²) in [5, 5.41) is 0.514. The van der Waals surface area contributed by atoms with Crippen LogP contribution < -0.4 is 0 Å². The van der Waals surface area contributed by atoms with E-state index >= 15 is 0 Å². The Balaban J connectivity index is 2.09. The molecule has 4 rings (SSSR count). The molecule has 6 heteroatoms. The molecule has 3 aromatic rings. The van der Waals surface area contributed by atoms with Gasteiger partial charge in [0.1, 0.15) is 5.69 Å². The Morgan fingerprint density at radius 1 is 0.966 bits per heavy atom. The van der Waals surface area contributed by atoms with Gasteiger partial charge in [0.25, 0.3) is 10.0 Å². The van der Waals surface area contributed by atoms with Crippen molar-refractivity contribution in [2.75, 3.05) is 0 Å². The lowest BCUT2D eigenvalue weighted by Gasteiger charge is -2.15. The fraction of sp³-hybridized carbons (Fsp3) is 0.304. The maximum Gasteiger partial charge on any atom is 0.268 e. The Morgan fingerprint density at radius 2 is 1.59 bits per heavy atom. The SMILES string of the molecule is CCC(=O)c1c(C(=O)C2CCCC2)n(S(=O)(=O)c2ccccc2)c2ccccc12. The lowest BCUT2D eigenvalue weighted by Crippen LogP contribution is -2.24. The van der Waals surface area contributed by atoms with Gasteiger partial charge >= 0.3 is 0 Å². The molecule has 0 N–H and O–H groups in total. The lowest BCUT2D eigenvalue weighted by atomic mass is 9.95. The van der Waals surface area contributed by atoms with E-state index in [1.54, 1.807) is 49.4 Å². The van der Waals surface area contributed by atoms with E-state index in [0.29, 0.717) is 10.9 Å². The molecular weight excluding hydrogens is 386 g/mol. The predicted molar refractivity (Wildman–Crippen MR) is 112 cm³/mol. The van der Waals surface area contributed by atoms with Crippen LogP contribution in [0.1, 0.15) is 59.9 Å². The fourth-order valence-corrected chi connectivity index (χ4v) is 5.77. The van der Waals surface area contributed by atoms with Crippen LogP contribution in [0.2, 0.25) is 0 Å². The van der Waals surface area contributed by atoms with E-state index in [9.17, 15) is 18.0 Å². The number of aromatic nitrogens is 1. The summed E-state index contributed by atoms with van der Waals surface area (Å²) in [4.78, 5) is 26.5. The first kappa shape index (κ1) is 19.6. The molecule has 0 saturated heterocycles. The molecule has 1 aromatic heterocycles. The minimum atomic E-state index is -4.05. The third-order valence-corrected chi connectivity index (χ3v) is 7.40. The molecule has 150 valence electrons. The van der Waals surface area contributed by atoms with Gasteiger partial charge in [-0.05, 0) is 31.0 Å². The largest absolute Gasteiger partial charge is 0.294 e. The van der Waals surface area contributed by atoms with Gasteiger partial charge in [-0.2, -0.15) is 0 Å². The first-order valence-electron chi connectivity index (χ1n) is 9.98. The number of carbonyl (C=O) groups is 2. The Morgan fingerprint density at radius 3 is 2.24 bits per heavy atom. The molecule has 1 aliphatic rings. The number of rotatable bonds is 6. The average molecular weight is 410 g/mol. The van der Waals surface area contributed by atoms with Crippen LogP contribution in [0.4, 0.5) is 0 Å². The minimum Gasteiger partial charge on any atom is -0.294 e. The molecule has 1 fully saturated rings. The maximum absolute atomic E-state index is 13.6. The van der Waals surface area contributed by atoms with E-state index in [1.807, 2.05) is 0 Å². The van der Waals surface area contributed by atoms with Crippen molar-refractivity contribution in [2.24, 2.45) is 5.92 Å². The van der Waals surface area contributed by atoms with E-state index in [1.165, 1.54) is 12.1 Å². The number of hydrogen-bond acceptors (Lipinski definition) is 4. The van der Waals surface area contributed by atoms with Crippen LogP contribution >= 0.6 is 0 Å². The van der Waals surface area contributed by atoms with Crippen molar-refractivity contribution in [3.05, 3.63) is 65.9 Å². The molecule has 0 atom stereocenters. The summed E-state index contributed by atoms with van der Waals surface area (Å²) in [7, 11) is -4.05. The quantitative estimate of drug-likeness (QED) is 0.546. The number of fused-ring (bicyclic) bond motifs is 1. The minimum absolute atomic E-state index is 0.0220. The highest BCUT2D eigenvalue weighted by Crippen LogP contribution is 2.36. The van der Waals surface area contributed by atoms with E-state index in [4.69, 9.17) is 0 Å². The topological polar surface area (TPSA) is 73.2 Å². The van der Waals surface area contributed by atoms with Crippen LogP contribution in [-0.2, 0) is 10.0 Å². The van der Waals surface area contributed by atoms with Crippen LogP contribution in [-0.4, -0.2) is 24.0 Å². The molecule has 2 aromatic carbocycles. The summed E-state index contributed by atoms with van der Waals surface area (Å²) in [6.45, 7) is 1.73. The van der Waals surface area contributed by atoms with Crippen LogP contribution in [0.5, 0.6) is 0 Å². The Kier molecular flexibility index (Phi) is 5.13. The van der Waals surface area contributed by atoms with E-state index < -0.39 is 10.0 Å². The van der Waals surface area contributed by atoms with E-state index in [-0.39, 0.29) is 40.1 Å². The maximum atomic E-state index is 13.6. The van der Waals surface area contributed by atoms with Gasteiger partial charge in [-0.1, -0.05) is 56.2 Å². The molecule has 0 radical (unpaired) electrons. The monoisotopic (exact) mass is 409 g/mol. The average Bonchev–Trinajstić information content (AvgIpc) is 3.40. The molecule has 1 heterocycles. The van der Waals surface area contributed by atoms with Crippen molar-refractivity contribution in [1.82, 2.24) is 3.97 Å². The van der Waals surface area contributed by atoms with Crippen molar-refractivity contribution < 1.29 is 18.0 Å². The zero-order valence-corrected chi connectivity index (χ0v) is 17.1. The number of nitrogens with zero attached hydrogens (tertiary/aromatic N) is 1. The number of Topliss-reactive ketones (excluding diaryl/α,β-unsaturated/α-hetero) is 2. The number of hydrogen-bond donors (Lipinski definition) is 0. The second-order valence-electron chi connectivity index (χ2n) is 7.45. The van der Waals surface area contributed by atoms with Gasteiger partial charge < -0.3 is 0 Å². The molecular formula is C23H23NO4S. The molecule has 29 heavy (non-hydrogen) atoms. The molecule has 5 nitrogen and oxygen atoms in total. The highest BCUT2D eigenvalue weighted by molar-refractivity contribution is 7.90. The second-order valence-corrected chi connectivity index (χ2v) is 9.23. The predicted octanol–water partition coefficient (Wildman–Crippen LogP) is 4.84. The number of para-hydroxylation sites is 1. The van der Waals surface area contributed by atoms with Crippen LogP contribution in [0.15, 0.2) is 59.5 Å². The third kappa shape index (κ3) is 3.21. The molecule has 0 bridgehead atoms. The van der Waals surface area contributed by atoms with Gasteiger partial charge in [-0.25, -0.2) is 12.4 Å². The summed E-state index contributed by atoms with van der Waals surface area (Å²) in [6, 6.07) is 14.9. The first-order chi connectivity index (χ1) is 14.0. The fourth-order valence-electron chi connectivity index (χ4n) is 4.22. The third-order valence-electron chi connectivity index (χ3n) is 5.67. The van der Waals surface area contributed by atoms with Crippen molar-refractivity contribution in [2.45, 2.75) is 43.9 Å². The van der Waals surface area contributed by atoms with E-state index in [0.717, 1.165) is 29.7 Å². The highest BCUT2D eigenvalue weighted by atomic mass is 32.2. The zero-order valence-electron chi connectivity index (χ0n) is 16.3. The van der Waals surface area contributed by atoms with Gasteiger partial charge in [-0.3, -0.25) is 9.59 Å². The summed E-state index contributed by atoms with van der Waals surface area (Å²) >= 11 is 0. The number of carbonyl (C=O) groups excluding carboxylic acids is 2. The number of ketones is 2. The van der Waals surface area contributed by atoms with Crippen molar-refractivity contribution in [3.63, 3.8) is 0 Å². The summed E-state index contributed by atoms with van der Waals surface area (Å²) < 4.78 is 28.3. The van der Waals surface area contributed by atoms with Gasteiger partial charge in [0, 0.05) is 17.7 Å². The van der Waals surface area contributed by atoms with Gasteiger partial charge in [0.15, 0.2) is 11.6 Å². The molecule has 0 unspecified atom stereocenters. The normalized spacial score (nSPS) is 15.1. The summed E-state index contributed by atoms with van der Waals surface area (Å²) in [5.74, 6) is -0.702. The van der Waals surface area contributed by atoms with Crippen molar-refractivity contribution >= 4 is 32.5 Å². The second kappa shape index (κ2) is 7.59. The number of benzene rings is 2. The Hall–Kier alpha value is -2.73. The van der Waals surface area contributed by atoms with Crippen LogP contribution in [0.3, 0.4) is 0 Å².